The van der Waals surface area contributed by atoms with Gasteiger partial charge in [0.05, 0.1) is 18.5 Å². The van der Waals surface area contributed by atoms with Crippen LogP contribution in [0.3, 0.4) is 0 Å². The zero-order valence-electron chi connectivity index (χ0n) is 17.2. The number of fused-ring (bicyclic) bond motifs is 1. The predicted molar refractivity (Wildman–Crippen MR) is 110 cm³/mol. The number of carbonyl (C=O) groups is 1. The van der Waals surface area contributed by atoms with Crippen LogP contribution in [-0.4, -0.2) is 29.5 Å². The molecule has 6 nitrogen and oxygen atoms in total. The summed E-state index contributed by atoms with van der Waals surface area (Å²) in [5, 5.41) is 15.9. The fourth-order valence-electron chi connectivity index (χ4n) is 4.46. The number of aryl methyl sites for hydroxylation is 2. The lowest BCUT2D eigenvalue weighted by atomic mass is 9.80. The number of nitriles is 1. The first-order valence-corrected chi connectivity index (χ1v) is 9.95. The minimum atomic E-state index is -0.342. The van der Waals surface area contributed by atoms with Crippen molar-refractivity contribution in [3.05, 3.63) is 45.0 Å². The average molecular weight is 398 g/mol. The van der Waals surface area contributed by atoms with E-state index in [0.717, 1.165) is 6.42 Å². The Morgan fingerprint density at radius 3 is 2.76 bits per heavy atom. The number of aromatic nitrogens is 1. The number of piperidine rings is 1. The van der Waals surface area contributed by atoms with Gasteiger partial charge >= 0.3 is 0 Å². The lowest BCUT2D eigenvalue weighted by Crippen LogP contribution is -2.51. The fraction of sp³-hybridized carbons (Fsp3) is 0.500. The molecule has 1 fully saturated rings. The molecule has 154 valence electrons. The molecule has 29 heavy (non-hydrogen) atoms. The molecular formula is C22H27FN4O2. The molecule has 1 aliphatic heterocycles. The van der Waals surface area contributed by atoms with Gasteiger partial charge in [0, 0.05) is 29.1 Å². The van der Waals surface area contributed by atoms with Gasteiger partial charge in [0.2, 0.25) is 5.91 Å². The summed E-state index contributed by atoms with van der Waals surface area (Å²) in [6.07, 6.45) is 0.683. The van der Waals surface area contributed by atoms with E-state index < -0.39 is 0 Å². The van der Waals surface area contributed by atoms with Gasteiger partial charge in [-0.1, -0.05) is 6.92 Å². The van der Waals surface area contributed by atoms with E-state index in [1.165, 1.54) is 6.07 Å². The molecular weight excluding hydrogens is 371 g/mol. The highest BCUT2D eigenvalue weighted by molar-refractivity contribution is 5.88. The second-order valence-electron chi connectivity index (χ2n) is 8.15. The van der Waals surface area contributed by atoms with E-state index >= 15 is 0 Å². The number of amides is 1. The zero-order chi connectivity index (χ0) is 21.3. The standard InChI is InChI=1S/C22H27FN4O2/c1-11-7-15(9-24)25-10-17(11)14(4)26-20(28)8-16-12(2)21-13(3)18(23)5-6-19(21)27-22(16)29/h5-6,11,14-15,17,25H,7-8,10H2,1-4H3,(H,26,28)(H,27,29)/t11?,14-,15?,17?/m1/s1. The maximum Gasteiger partial charge on any atom is 0.252 e. The van der Waals surface area contributed by atoms with E-state index in [2.05, 4.69) is 28.6 Å². The van der Waals surface area contributed by atoms with Crippen molar-refractivity contribution in [1.82, 2.24) is 15.6 Å². The molecule has 2 heterocycles. The Balaban J connectivity index is 1.77. The van der Waals surface area contributed by atoms with Gasteiger partial charge in [0.15, 0.2) is 0 Å². The van der Waals surface area contributed by atoms with Crippen molar-refractivity contribution in [2.75, 3.05) is 6.54 Å². The maximum atomic E-state index is 14.0. The van der Waals surface area contributed by atoms with Gasteiger partial charge in [-0.25, -0.2) is 4.39 Å². The quantitative estimate of drug-likeness (QED) is 0.737. The van der Waals surface area contributed by atoms with Crippen molar-refractivity contribution in [2.24, 2.45) is 11.8 Å². The third-order valence-electron chi connectivity index (χ3n) is 6.21. The molecule has 0 radical (unpaired) electrons. The molecule has 0 spiro atoms. The summed E-state index contributed by atoms with van der Waals surface area (Å²) in [6.45, 7) is 8.12. The van der Waals surface area contributed by atoms with Gasteiger partial charge in [-0.3, -0.25) is 9.59 Å². The number of carbonyl (C=O) groups excluding carboxylic acids is 1. The molecule has 3 N–H and O–H groups in total. The summed E-state index contributed by atoms with van der Waals surface area (Å²) in [5.74, 6) is -0.0799. The first kappa shape index (κ1) is 21.0. The third-order valence-corrected chi connectivity index (χ3v) is 6.21. The molecule has 3 unspecified atom stereocenters. The smallest absolute Gasteiger partial charge is 0.252 e. The third kappa shape index (κ3) is 4.18. The van der Waals surface area contributed by atoms with Crippen LogP contribution in [0, 0.1) is 42.8 Å². The van der Waals surface area contributed by atoms with Crippen molar-refractivity contribution >= 4 is 16.8 Å². The van der Waals surface area contributed by atoms with E-state index in [1.54, 1.807) is 19.9 Å². The van der Waals surface area contributed by atoms with Crippen molar-refractivity contribution in [3.63, 3.8) is 0 Å². The molecule has 0 saturated carbocycles. The van der Waals surface area contributed by atoms with Crippen LogP contribution in [0.25, 0.3) is 10.9 Å². The lowest BCUT2D eigenvalue weighted by molar-refractivity contribution is -0.121. The van der Waals surface area contributed by atoms with Gasteiger partial charge < -0.3 is 15.6 Å². The largest absolute Gasteiger partial charge is 0.353 e. The molecule has 0 aliphatic carbocycles. The van der Waals surface area contributed by atoms with Gasteiger partial charge in [-0.05, 0) is 62.3 Å². The van der Waals surface area contributed by atoms with Gasteiger partial charge in [0.25, 0.3) is 5.56 Å². The van der Waals surface area contributed by atoms with Crippen LogP contribution < -0.4 is 16.2 Å². The van der Waals surface area contributed by atoms with E-state index in [1.807, 2.05) is 6.92 Å². The first-order valence-electron chi connectivity index (χ1n) is 9.95. The number of benzene rings is 1. The summed E-state index contributed by atoms with van der Waals surface area (Å²) in [4.78, 5) is 28.0. The topological polar surface area (TPSA) is 97.8 Å². The maximum absolute atomic E-state index is 14.0. The number of H-pyrrole nitrogens is 1. The van der Waals surface area contributed by atoms with E-state index in [9.17, 15) is 14.0 Å². The van der Waals surface area contributed by atoms with Crippen molar-refractivity contribution < 1.29 is 9.18 Å². The number of hydrogen-bond donors (Lipinski definition) is 3. The molecule has 1 saturated heterocycles. The second-order valence-corrected chi connectivity index (χ2v) is 8.15. The number of pyridine rings is 1. The molecule has 1 amide bonds. The number of nitrogens with one attached hydrogen (secondary N) is 3. The zero-order valence-corrected chi connectivity index (χ0v) is 17.2. The molecule has 3 rings (SSSR count). The Morgan fingerprint density at radius 2 is 2.10 bits per heavy atom. The van der Waals surface area contributed by atoms with Gasteiger partial charge in [-0.2, -0.15) is 5.26 Å². The highest BCUT2D eigenvalue weighted by atomic mass is 19.1. The van der Waals surface area contributed by atoms with E-state index in [0.29, 0.717) is 40.1 Å². The van der Waals surface area contributed by atoms with Crippen LogP contribution in [0.15, 0.2) is 16.9 Å². The number of rotatable bonds is 4. The molecule has 1 aliphatic rings. The summed E-state index contributed by atoms with van der Waals surface area (Å²) in [5.41, 5.74) is 1.69. The van der Waals surface area contributed by atoms with Crippen LogP contribution >= 0.6 is 0 Å². The molecule has 7 heteroatoms. The summed E-state index contributed by atoms with van der Waals surface area (Å²) >= 11 is 0. The van der Waals surface area contributed by atoms with Crippen molar-refractivity contribution in [3.8, 4) is 6.07 Å². The lowest BCUT2D eigenvalue weighted by Gasteiger charge is -2.36. The first-order chi connectivity index (χ1) is 13.7. The average Bonchev–Trinajstić information content (AvgIpc) is 2.67. The highest BCUT2D eigenvalue weighted by Crippen LogP contribution is 2.26. The number of nitrogens with zero attached hydrogens (tertiary/aromatic N) is 1. The monoisotopic (exact) mass is 398 g/mol. The highest BCUT2D eigenvalue weighted by Gasteiger charge is 2.31. The van der Waals surface area contributed by atoms with Crippen LogP contribution in [0.5, 0.6) is 0 Å². The number of aromatic amines is 1. The molecule has 0 bridgehead atoms. The Morgan fingerprint density at radius 1 is 1.38 bits per heavy atom. The van der Waals surface area contributed by atoms with E-state index in [4.69, 9.17) is 5.26 Å². The number of halogens is 1. The molecule has 1 aromatic heterocycles. The van der Waals surface area contributed by atoms with Gasteiger partial charge in [0.1, 0.15) is 5.82 Å². The second kappa shape index (κ2) is 8.34. The summed E-state index contributed by atoms with van der Waals surface area (Å²) in [7, 11) is 0. The van der Waals surface area contributed by atoms with Crippen molar-refractivity contribution in [1.29, 1.82) is 5.26 Å². The minimum absolute atomic E-state index is 0.0627. The molecule has 2 aromatic rings. The van der Waals surface area contributed by atoms with Gasteiger partial charge in [-0.15, -0.1) is 0 Å². The van der Waals surface area contributed by atoms with Crippen LogP contribution in [0.4, 0.5) is 4.39 Å². The Hall–Kier alpha value is -2.72. The predicted octanol–water partition coefficient (Wildman–Crippen LogP) is 2.47. The SMILES string of the molecule is Cc1c(F)ccc2[nH]c(=O)c(CC(=O)N[C@H](C)C3CNC(C#N)CC3C)c(C)c12. The van der Waals surface area contributed by atoms with Crippen LogP contribution in [-0.2, 0) is 11.2 Å². The van der Waals surface area contributed by atoms with Crippen molar-refractivity contribution in [2.45, 2.75) is 52.6 Å². The number of hydrogen-bond acceptors (Lipinski definition) is 4. The Labute approximate surface area is 169 Å². The summed E-state index contributed by atoms with van der Waals surface area (Å²) < 4.78 is 14.0. The minimum Gasteiger partial charge on any atom is -0.353 e. The van der Waals surface area contributed by atoms with Crippen LogP contribution in [0.2, 0.25) is 0 Å². The normalized spacial score (nSPS) is 22.8. The Kier molecular flexibility index (Phi) is 6.04. The fourth-order valence-corrected chi connectivity index (χ4v) is 4.46. The van der Waals surface area contributed by atoms with Crippen LogP contribution in [0.1, 0.15) is 37.0 Å². The Bertz CT molecular complexity index is 1040. The summed E-state index contributed by atoms with van der Waals surface area (Å²) in [6, 6.07) is 4.88. The van der Waals surface area contributed by atoms with E-state index in [-0.39, 0.29) is 41.7 Å². The molecule has 4 atom stereocenters. The molecule has 1 aromatic carbocycles.